The molecule has 0 bridgehead atoms. The lowest BCUT2D eigenvalue weighted by Crippen LogP contribution is -2.26. The smallest absolute Gasteiger partial charge is 0.339 e. The number of anilines is 1. The number of carbonyl (C=O) groups is 1. The van der Waals surface area contributed by atoms with Gasteiger partial charge >= 0.3 is 5.97 Å². The van der Waals surface area contributed by atoms with Gasteiger partial charge in [0.1, 0.15) is 11.3 Å². The van der Waals surface area contributed by atoms with Gasteiger partial charge in [0.15, 0.2) is 0 Å². The standard InChI is InChI=1S/C26H29ClN2O4.ClH/c1-2-14-33-25-16-19(8-11-23(25)26(31)32)18-6-9-22(10-7-18)29-13-12-28-17-24(30)20-4-3-5-21(27)15-20;/h3-11,15-16,24,28-30H,2,12-14,17H2,1H3,(H,31,32);1H/t24-;/m1./s1. The molecule has 0 saturated carbocycles. The van der Waals surface area contributed by atoms with E-state index in [1.165, 1.54) is 0 Å². The van der Waals surface area contributed by atoms with Crippen LogP contribution in [0.25, 0.3) is 11.1 Å². The van der Waals surface area contributed by atoms with E-state index in [4.69, 9.17) is 16.3 Å². The van der Waals surface area contributed by atoms with E-state index in [1.54, 1.807) is 30.3 Å². The van der Waals surface area contributed by atoms with Crippen molar-refractivity contribution < 1.29 is 19.7 Å². The summed E-state index contributed by atoms with van der Waals surface area (Å²) >= 11 is 5.97. The van der Waals surface area contributed by atoms with Gasteiger partial charge in [-0.15, -0.1) is 12.4 Å². The molecule has 0 amide bonds. The maximum absolute atomic E-state index is 11.4. The third-order valence-corrected chi connectivity index (χ3v) is 5.33. The zero-order chi connectivity index (χ0) is 23.6. The van der Waals surface area contributed by atoms with Crippen molar-refractivity contribution in [1.29, 1.82) is 0 Å². The van der Waals surface area contributed by atoms with Gasteiger partial charge in [-0.1, -0.05) is 48.9 Å². The van der Waals surface area contributed by atoms with Crippen LogP contribution in [-0.2, 0) is 0 Å². The van der Waals surface area contributed by atoms with Gasteiger partial charge in [0.2, 0.25) is 0 Å². The first-order valence-corrected chi connectivity index (χ1v) is 11.3. The minimum Gasteiger partial charge on any atom is -0.493 e. The number of aliphatic hydroxyl groups excluding tert-OH is 1. The number of carboxylic acids is 1. The number of rotatable bonds is 12. The van der Waals surface area contributed by atoms with Gasteiger partial charge in [0, 0.05) is 30.3 Å². The number of hydrogen-bond acceptors (Lipinski definition) is 5. The van der Waals surface area contributed by atoms with Crippen molar-refractivity contribution >= 4 is 35.7 Å². The van der Waals surface area contributed by atoms with Crippen molar-refractivity contribution in [2.75, 3.05) is 31.6 Å². The van der Waals surface area contributed by atoms with Crippen molar-refractivity contribution in [2.24, 2.45) is 0 Å². The van der Waals surface area contributed by atoms with Crippen molar-refractivity contribution in [3.05, 3.63) is 82.9 Å². The summed E-state index contributed by atoms with van der Waals surface area (Å²) < 4.78 is 5.64. The summed E-state index contributed by atoms with van der Waals surface area (Å²) in [6.45, 7) is 4.28. The molecule has 182 valence electrons. The van der Waals surface area contributed by atoms with Gasteiger partial charge < -0.3 is 25.6 Å². The van der Waals surface area contributed by atoms with Crippen LogP contribution in [-0.4, -0.2) is 42.4 Å². The monoisotopic (exact) mass is 504 g/mol. The van der Waals surface area contributed by atoms with Crippen LogP contribution in [0.5, 0.6) is 5.75 Å². The van der Waals surface area contributed by atoms with Gasteiger partial charge in [-0.25, -0.2) is 4.79 Å². The Morgan fingerprint density at radius 1 is 1.03 bits per heavy atom. The number of carboxylic acid groups (broad SMARTS) is 1. The highest BCUT2D eigenvalue weighted by molar-refractivity contribution is 6.30. The van der Waals surface area contributed by atoms with Gasteiger partial charge in [0.05, 0.1) is 12.7 Å². The molecule has 0 saturated heterocycles. The van der Waals surface area contributed by atoms with E-state index in [-0.39, 0.29) is 18.0 Å². The molecule has 0 aliphatic heterocycles. The summed E-state index contributed by atoms with van der Waals surface area (Å²) in [5, 5.41) is 26.8. The molecule has 0 spiro atoms. The fourth-order valence-corrected chi connectivity index (χ4v) is 3.55. The molecule has 8 heteroatoms. The van der Waals surface area contributed by atoms with Crippen LogP contribution in [0.2, 0.25) is 5.02 Å². The second-order valence-electron chi connectivity index (χ2n) is 7.64. The fraction of sp³-hybridized carbons (Fsp3) is 0.269. The predicted octanol–water partition coefficient (Wildman–Crippen LogP) is 5.65. The molecule has 3 aromatic rings. The SMILES string of the molecule is CCCOc1cc(-c2ccc(NCCNC[C@@H](O)c3cccc(Cl)c3)cc2)ccc1C(=O)O.Cl. The molecule has 0 unspecified atom stereocenters. The summed E-state index contributed by atoms with van der Waals surface area (Å²) in [6.07, 6.45) is 0.194. The van der Waals surface area contributed by atoms with Crippen molar-refractivity contribution in [3.63, 3.8) is 0 Å². The van der Waals surface area contributed by atoms with E-state index in [1.807, 2.05) is 43.3 Å². The molecule has 3 aromatic carbocycles. The molecule has 0 radical (unpaired) electrons. The molecule has 6 nitrogen and oxygen atoms in total. The Morgan fingerprint density at radius 3 is 2.44 bits per heavy atom. The third-order valence-electron chi connectivity index (χ3n) is 5.09. The molecule has 3 rings (SSSR count). The van der Waals surface area contributed by atoms with Gasteiger partial charge in [0.25, 0.3) is 0 Å². The Kier molecular flexibility index (Phi) is 11.2. The molecular formula is C26H30Cl2N2O4. The van der Waals surface area contributed by atoms with E-state index in [9.17, 15) is 15.0 Å². The minimum absolute atomic E-state index is 0. The highest BCUT2D eigenvalue weighted by atomic mass is 35.5. The molecule has 0 heterocycles. The number of halogens is 2. The topological polar surface area (TPSA) is 90.8 Å². The van der Waals surface area contributed by atoms with Gasteiger partial charge in [-0.2, -0.15) is 0 Å². The Morgan fingerprint density at radius 2 is 1.76 bits per heavy atom. The van der Waals surface area contributed by atoms with Gasteiger partial charge in [-0.3, -0.25) is 0 Å². The highest BCUT2D eigenvalue weighted by Crippen LogP contribution is 2.28. The molecule has 0 aromatic heterocycles. The number of aliphatic hydroxyl groups is 1. The second kappa shape index (κ2) is 13.8. The van der Waals surface area contributed by atoms with E-state index in [0.29, 0.717) is 37.0 Å². The highest BCUT2D eigenvalue weighted by Gasteiger charge is 2.13. The maximum Gasteiger partial charge on any atom is 0.339 e. The van der Waals surface area contributed by atoms with Crippen LogP contribution in [0.3, 0.4) is 0 Å². The normalized spacial score (nSPS) is 11.4. The largest absolute Gasteiger partial charge is 0.493 e. The molecule has 0 aliphatic carbocycles. The first-order valence-electron chi connectivity index (χ1n) is 11.0. The van der Waals surface area contributed by atoms with Crippen LogP contribution in [0, 0.1) is 0 Å². The summed E-state index contributed by atoms with van der Waals surface area (Å²) in [4.78, 5) is 11.4. The van der Waals surface area contributed by atoms with Gasteiger partial charge in [-0.05, 0) is 59.5 Å². The van der Waals surface area contributed by atoms with Crippen LogP contribution in [0.1, 0.15) is 35.4 Å². The Bertz CT molecular complexity index is 1060. The van der Waals surface area contributed by atoms with E-state index >= 15 is 0 Å². The van der Waals surface area contributed by atoms with Crippen LogP contribution in [0.15, 0.2) is 66.7 Å². The Labute approximate surface area is 211 Å². The zero-order valence-corrected chi connectivity index (χ0v) is 20.5. The summed E-state index contributed by atoms with van der Waals surface area (Å²) in [5.41, 5.74) is 3.80. The van der Waals surface area contributed by atoms with E-state index in [0.717, 1.165) is 28.8 Å². The first kappa shape index (κ1) is 27.5. The minimum atomic E-state index is -0.999. The Balaban J connectivity index is 0.00000408. The molecule has 1 atom stereocenters. The van der Waals surface area contributed by atoms with Crippen LogP contribution in [0.4, 0.5) is 5.69 Å². The average Bonchev–Trinajstić information content (AvgIpc) is 2.82. The summed E-state index contributed by atoms with van der Waals surface area (Å²) in [6, 6.07) is 20.3. The average molecular weight is 505 g/mol. The quantitative estimate of drug-likeness (QED) is 0.238. The van der Waals surface area contributed by atoms with Crippen LogP contribution >= 0.6 is 24.0 Å². The third kappa shape index (κ3) is 7.92. The number of aromatic carboxylic acids is 1. The number of benzene rings is 3. The summed E-state index contributed by atoms with van der Waals surface area (Å²) in [7, 11) is 0. The molecule has 0 fully saturated rings. The van der Waals surface area contributed by atoms with Crippen molar-refractivity contribution in [3.8, 4) is 16.9 Å². The molecule has 4 N–H and O–H groups in total. The number of nitrogens with one attached hydrogen (secondary N) is 2. The lowest BCUT2D eigenvalue weighted by molar-refractivity contribution is 0.0692. The number of ether oxygens (including phenoxy) is 1. The summed E-state index contributed by atoms with van der Waals surface area (Å²) in [5.74, 6) is -0.615. The van der Waals surface area contributed by atoms with E-state index in [2.05, 4.69) is 10.6 Å². The fourth-order valence-electron chi connectivity index (χ4n) is 3.36. The van der Waals surface area contributed by atoms with Crippen molar-refractivity contribution in [1.82, 2.24) is 5.32 Å². The second-order valence-corrected chi connectivity index (χ2v) is 8.08. The van der Waals surface area contributed by atoms with Crippen molar-refractivity contribution in [2.45, 2.75) is 19.4 Å². The maximum atomic E-state index is 11.4. The first-order chi connectivity index (χ1) is 16.0. The lowest BCUT2D eigenvalue weighted by atomic mass is 10.0. The lowest BCUT2D eigenvalue weighted by Gasteiger charge is -2.13. The molecule has 0 aliphatic rings. The Hall–Kier alpha value is -2.77. The number of hydrogen-bond donors (Lipinski definition) is 4. The zero-order valence-electron chi connectivity index (χ0n) is 19.0. The predicted molar refractivity (Wildman–Crippen MR) is 140 cm³/mol. The molecule has 34 heavy (non-hydrogen) atoms. The van der Waals surface area contributed by atoms with Crippen LogP contribution < -0.4 is 15.4 Å². The molecular weight excluding hydrogens is 475 g/mol. The van der Waals surface area contributed by atoms with E-state index < -0.39 is 12.1 Å².